The van der Waals surface area contributed by atoms with Crippen molar-refractivity contribution in [1.29, 1.82) is 0 Å². The summed E-state index contributed by atoms with van der Waals surface area (Å²) in [4.78, 5) is 34.7. The Morgan fingerprint density at radius 1 is 1.00 bits per heavy atom. The fraction of sp³-hybridized carbons (Fsp3) is 0.714. The predicted molar refractivity (Wildman–Crippen MR) is 147 cm³/mol. The fourth-order valence-electron chi connectivity index (χ4n) is 6.08. The van der Waals surface area contributed by atoms with Crippen LogP contribution >= 0.6 is 23.2 Å². The molecule has 1 aromatic carbocycles. The summed E-state index contributed by atoms with van der Waals surface area (Å²) in [5.74, 6) is 0.915. The van der Waals surface area contributed by atoms with Crippen molar-refractivity contribution in [1.82, 2.24) is 19.6 Å². The molecule has 0 radical (unpaired) electrons. The molecule has 8 heteroatoms. The van der Waals surface area contributed by atoms with E-state index >= 15 is 0 Å². The Hall–Kier alpha value is -1.34. The van der Waals surface area contributed by atoms with Crippen molar-refractivity contribution in [2.45, 2.75) is 62.8 Å². The van der Waals surface area contributed by atoms with Crippen LogP contribution in [-0.2, 0) is 9.59 Å². The average molecular weight is 538 g/mol. The Kier molecular flexibility index (Phi) is 9.24. The van der Waals surface area contributed by atoms with Gasteiger partial charge in [-0.2, -0.15) is 0 Å². The maximum atomic E-state index is 13.4. The molecule has 1 saturated carbocycles. The molecule has 1 aliphatic carbocycles. The molecular weight excluding hydrogens is 495 g/mol. The lowest BCUT2D eigenvalue weighted by Crippen LogP contribution is -2.64. The quantitative estimate of drug-likeness (QED) is 0.457. The van der Waals surface area contributed by atoms with Crippen molar-refractivity contribution < 1.29 is 9.59 Å². The number of rotatable bonds is 9. The molecule has 2 aliphatic heterocycles. The first-order chi connectivity index (χ1) is 17.2. The number of halogens is 2. The van der Waals surface area contributed by atoms with Crippen LogP contribution in [0.15, 0.2) is 18.2 Å². The molecule has 0 bridgehead atoms. The molecule has 2 amide bonds. The van der Waals surface area contributed by atoms with E-state index in [0.717, 1.165) is 70.4 Å². The zero-order valence-corrected chi connectivity index (χ0v) is 23.7. The zero-order chi connectivity index (χ0) is 25.9. The first-order valence-corrected chi connectivity index (χ1v) is 14.4. The molecule has 0 spiro atoms. The molecule has 0 aromatic heterocycles. The molecule has 0 N–H and O–H groups in total. The molecule has 1 unspecified atom stereocenters. The summed E-state index contributed by atoms with van der Waals surface area (Å²) < 4.78 is 0. The van der Waals surface area contributed by atoms with Crippen LogP contribution in [0.1, 0.15) is 62.8 Å². The van der Waals surface area contributed by atoms with E-state index in [0.29, 0.717) is 16.6 Å². The van der Waals surface area contributed by atoms with Gasteiger partial charge in [-0.3, -0.25) is 14.5 Å². The molecule has 2 saturated heterocycles. The second-order valence-electron chi connectivity index (χ2n) is 11.3. The Balaban J connectivity index is 1.41. The molecule has 2 heterocycles. The van der Waals surface area contributed by atoms with Gasteiger partial charge in [0.1, 0.15) is 5.54 Å². The topological polar surface area (TPSA) is 47.1 Å². The van der Waals surface area contributed by atoms with E-state index in [1.807, 2.05) is 44.2 Å². The van der Waals surface area contributed by atoms with Crippen LogP contribution in [-0.4, -0.2) is 97.4 Å². The smallest absolute Gasteiger partial charge is 0.242 e. The Morgan fingerprint density at radius 2 is 1.67 bits per heavy atom. The number of hydrogen-bond acceptors (Lipinski definition) is 4. The van der Waals surface area contributed by atoms with E-state index in [1.54, 1.807) is 4.90 Å². The van der Waals surface area contributed by atoms with Crippen LogP contribution in [0.25, 0.3) is 0 Å². The molecule has 4 rings (SSSR count). The summed E-state index contributed by atoms with van der Waals surface area (Å²) in [5.41, 5.74) is 0.766. The predicted octanol–water partition coefficient (Wildman–Crippen LogP) is 4.74. The van der Waals surface area contributed by atoms with Gasteiger partial charge in [0.05, 0.1) is 10.0 Å². The highest BCUT2D eigenvalue weighted by molar-refractivity contribution is 6.42. The van der Waals surface area contributed by atoms with E-state index in [-0.39, 0.29) is 29.2 Å². The Labute approximate surface area is 226 Å². The van der Waals surface area contributed by atoms with Crippen molar-refractivity contribution in [3.8, 4) is 0 Å². The number of hydrogen-bond donors (Lipinski definition) is 0. The Bertz CT molecular complexity index is 922. The first kappa shape index (κ1) is 27.7. The van der Waals surface area contributed by atoms with Crippen LogP contribution in [0.5, 0.6) is 0 Å². The molecule has 1 aromatic rings. The molecule has 200 valence electrons. The molecule has 3 aliphatic rings. The third-order valence-corrected chi connectivity index (χ3v) is 9.19. The third-order valence-electron chi connectivity index (χ3n) is 8.45. The van der Waals surface area contributed by atoms with Gasteiger partial charge >= 0.3 is 0 Å². The summed E-state index contributed by atoms with van der Waals surface area (Å²) in [6.07, 6.45) is 8.34. The van der Waals surface area contributed by atoms with E-state index in [1.165, 1.54) is 19.3 Å². The molecular formula is C28H42Cl2N4O2. The van der Waals surface area contributed by atoms with Crippen molar-refractivity contribution in [2.24, 2.45) is 5.92 Å². The molecule has 6 nitrogen and oxygen atoms in total. The number of carbonyl (C=O) groups excluding carboxylic acids is 2. The second kappa shape index (κ2) is 12.0. The first-order valence-electron chi connectivity index (χ1n) is 13.6. The standard InChI is InChI=1S/C28H42Cl2N4O2/c1-31(2)27(36)28(34-14-5-4-6-15-34)12-17-33(18-13-28)16-11-23(20-32(3)26(35)21-7-8-21)22-9-10-24(29)25(30)19-22/h9-10,19,21,23H,4-8,11-18,20H2,1-3H3. The number of amides is 2. The number of likely N-dealkylation sites (tertiary alicyclic amines) is 2. The highest BCUT2D eigenvalue weighted by Crippen LogP contribution is 2.35. The summed E-state index contributed by atoms with van der Waals surface area (Å²) in [6.45, 7) is 5.50. The van der Waals surface area contributed by atoms with Gasteiger partial charge in [0.15, 0.2) is 0 Å². The SMILES string of the molecule is CN(C)C(=O)C1(N2CCCCC2)CCN(CCC(CN(C)C(=O)C2CC2)c2ccc(Cl)c(Cl)c2)CC1. The van der Waals surface area contributed by atoms with Crippen LogP contribution in [0, 0.1) is 5.92 Å². The lowest BCUT2D eigenvalue weighted by Gasteiger charge is -2.50. The van der Waals surface area contributed by atoms with Gasteiger partial charge < -0.3 is 14.7 Å². The third kappa shape index (κ3) is 6.38. The maximum Gasteiger partial charge on any atom is 0.242 e. The molecule has 3 fully saturated rings. The number of piperidine rings is 2. The van der Waals surface area contributed by atoms with Crippen LogP contribution in [0.2, 0.25) is 10.0 Å². The van der Waals surface area contributed by atoms with Gasteiger partial charge in [-0.1, -0.05) is 35.7 Å². The molecule has 36 heavy (non-hydrogen) atoms. The Morgan fingerprint density at radius 3 is 2.25 bits per heavy atom. The highest BCUT2D eigenvalue weighted by Gasteiger charge is 2.47. The van der Waals surface area contributed by atoms with Gasteiger partial charge in [0, 0.05) is 52.6 Å². The van der Waals surface area contributed by atoms with Gasteiger partial charge in [-0.25, -0.2) is 0 Å². The lowest BCUT2D eigenvalue weighted by atomic mass is 9.82. The minimum absolute atomic E-state index is 0.185. The van der Waals surface area contributed by atoms with Gasteiger partial charge in [-0.15, -0.1) is 0 Å². The van der Waals surface area contributed by atoms with Crippen LogP contribution in [0.3, 0.4) is 0 Å². The number of nitrogens with zero attached hydrogens (tertiary/aromatic N) is 4. The average Bonchev–Trinajstić information content (AvgIpc) is 3.73. The fourth-order valence-corrected chi connectivity index (χ4v) is 6.39. The minimum atomic E-state index is -0.361. The monoisotopic (exact) mass is 536 g/mol. The zero-order valence-electron chi connectivity index (χ0n) is 22.1. The van der Waals surface area contributed by atoms with Crippen LogP contribution < -0.4 is 0 Å². The van der Waals surface area contributed by atoms with Gasteiger partial charge in [0.25, 0.3) is 0 Å². The van der Waals surface area contributed by atoms with E-state index < -0.39 is 0 Å². The number of benzene rings is 1. The second-order valence-corrected chi connectivity index (χ2v) is 12.1. The van der Waals surface area contributed by atoms with E-state index in [2.05, 4.69) is 9.80 Å². The van der Waals surface area contributed by atoms with Gasteiger partial charge in [0.2, 0.25) is 11.8 Å². The van der Waals surface area contributed by atoms with Crippen molar-refractivity contribution in [2.75, 3.05) is 60.4 Å². The number of carbonyl (C=O) groups is 2. The molecule has 1 atom stereocenters. The lowest BCUT2D eigenvalue weighted by molar-refractivity contribution is -0.147. The minimum Gasteiger partial charge on any atom is -0.347 e. The van der Waals surface area contributed by atoms with Crippen molar-refractivity contribution >= 4 is 35.0 Å². The van der Waals surface area contributed by atoms with E-state index in [9.17, 15) is 9.59 Å². The summed E-state index contributed by atoms with van der Waals surface area (Å²) in [7, 11) is 5.70. The van der Waals surface area contributed by atoms with Gasteiger partial charge in [-0.05, 0) is 82.3 Å². The van der Waals surface area contributed by atoms with Crippen molar-refractivity contribution in [3.63, 3.8) is 0 Å². The summed E-state index contributed by atoms with van der Waals surface area (Å²) in [6, 6.07) is 5.86. The largest absolute Gasteiger partial charge is 0.347 e. The maximum absolute atomic E-state index is 13.4. The number of likely N-dealkylation sites (N-methyl/N-ethyl adjacent to an activating group) is 2. The van der Waals surface area contributed by atoms with Crippen molar-refractivity contribution in [3.05, 3.63) is 33.8 Å². The summed E-state index contributed by atoms with van der Waals surface area (Å²) >= 11 is 12.6. The van der Waals surface area contributed by atoms with E-state index in [4.69, 9.17) is 23.2 Å². The summed E-state index contributed by atoms with van der Waals surface area (Å²) in [5, 5.41) is 1.11. The normalized spacial score (nSPS) is 21.7. The van der Waals surface area contributed by atoms with Crippen LogP contribution in [0.4, 0.5) is 0 Å². The highest BCUT2D eigenvalue weighted by atomic mass is 35.5.